The molecule has 0 saturated carbocycles. The quantitative estimate of drug-likeness (QED) is 0.625. The highest BCUT2D eigenvalue weighted by Gasteiger charge is 1.98. The first kappa shape index (κ1) is 7.22. The fourth-order valence-electron chi connectivity index (χ4n) is 0.749. The van der Waals surface area contributed by atoms with E-state index in [0.717, 1.165) is 0 Å². The second-order valence-electron chi connectivity index (χ2n) is 2.08. The number of benzene rings is 1. The summed E-state index contributed by atoms with van der Waals surface area (Å²) in [6.07, 6.45) is 0. The molecule has 0 aliphatic heterocycles. The predicted molar refractivity (Wildman–Crippen MR) is 36.8 cm³/mol. The molecule has 1 N–H and O–H groups in total. The molecular formula is C8H8FO. The molecule has 0 fully saturated rings. The molecule has 0 atom stereocenters. The molecule has 0 spiro atoms. The van der Waals surface area contributed by atoms with Crippen molar-refractivity contribution >= 4 is 0 Å². The van der Waals surface area contributed by atoms with Gasteiger partial charge in [-0.3, -0.25) is 0 Å². The van der Waals surface area contributed by atoms with Crippen LogP contribution in [0.15, 0.2) is 18.2 Å². The third-order valence-corrected chi connectivity index (χ3v) is 1.28. The van der Waals surface area contributed by atoms with Crippen LogP contribution in [0.4, 0.5) is 4.39 Å². The Labute approximate surface area is 59.1 Å². The van der Waals surface area contributed by atoms with Gasteiger partial charge in [-0.05, 0) is 18.6 Å². The Hall–Kier alpha value is -0.890. The second-order valence-corrected chi connectivity index (χ2v) is 2.08. The van der Waals surface area contributed by atoms with Crippen LogP contribution in [0.1, 0.15) is 11.1 Å². The van der Waals surface area contributed by atoms with Crippen LogP contribution in [-0.4, -0.2) is 5.11 Å². The van der Waals surface area contributed by atoms with Crippen molar-refractivity contribution < 1.29 is 9.50 Å². The summed E-state index contributed by atoms with van der Waals surface area (Å²) in [5, 5.41) is 8.58. The lowest BCUT2D eigenvalue weighted by Crippen LogP contribution is -1.89. The normalized spacial score (nSPS) is 9.90. The predicted octanol–water partition coefficient (Wildman–Crippen LogP) is 1.50. The molecule has 1 aromatic rings. The summed E-state index contributed by atoms with van der Waals surface area (Å²) in [6, 6.07) is 4.39. The van der Waals surface area contributed by atoms with Crippen LogP contribution >= 0.6 is 0 Å². The third-order valence-electron chi connectivity index (χ3n) is 1.28. The van der Waals surface area contributed by atoms with E-state index < -0.39 is 0 Å². The van der Waals surface area contributed by atoms with Gasteiger partial charge in [-0.1, -0.05) is 12.1 Å². The number of rotatable bonds is 1. The zero-order chi connectivity index (χ0) is 7.56. The van der Waals surface area contributed by atoms with Crippen LogP contribution in [0.2, 0.25) is 0 Å². The van der Waals surface area contributed by atoms with Crippen molar-refractivity contribution in [3.63, 3.8) is 0 Å². The van der Waals surface area contributed by atoms with E-state index in [1.165, 1.54) is 12.1 Å². The maximum absolute atomic E-state index is 12.6. The molecule has 2 heteroatoms. The summed E-state index contributed by atoms with van der Waals surface area (Å²) in [7, 11) is 0. The maximum atomic E-state index is 12.6. The number of aliphatic hydroxyl groups is 1. The largest absolute Gasteiger partial charge is 0.392 e. The van der Waals surface area contributed by atoms with Gasteiger partial charge in [0.15, 0.2) is 0 Å². The molecule has 1 rings (SSSR count). The van der Waals surface area contributed by atoms with Crippen molar-refractivity contribution in [3.8, 4) is 0 Å². The molecule has 0 heterocycles. The van der Waals surface area contributed by atoms with Gasteiger partial charge in [0.25, 0.3) is 0 Å². The summed E-state index contributed by atoms with van der Waals surface area (Å²) < 4.78 is 12.6. The number of hydrogen-bond acceptors (Lipinski definition) is 1. The lowest BCUT2D eigenvalue weighted by Gasteiger charge is -1.98. The van der Waals surface area contributed by atoms with E-state index in [1.54, 1.807) is 6.07 Å². The van der Waals surface area contributed by atoms with Crippen molar-refractivity contribution in [1.82, 2.24) is 0 Å². The van der Waals surface area contributed by atoms with E-state index in [0.29, 0.717) is 11.1 Å². The number of hydrogen-bond donors (Lipinski definition) is 1. The van der Waals surface area contributed by atoms with Gasteiger partial charge in [-0.25, -0.2) is 4.39 Å². The van der Waals surface area contributed by atoms with E-state index in [4.69, 9.17) is 5.11 Å². The summed E-state index contributed by atoms with van der Waals surface area (Å²) >= 11 is 0. The molecule has 0 aromatic heterocycles. The smallest absolute Gasteiger partial charge is 0.128 e. The minimum Gasteiger partial charge on any atom is -0.392 e. The van der Waals surface area contributed by atoms with Gasteiger partial charge in [-0.15, -0.1) is 0 Å². The van der Waals surface area contributed by atoms with Crippen molar-refractivity contribution in [2.45, 2.75) is 6.61 Å². The first-order valence-corrected chi connectivity index (χ1v) is 2.95. The van der Waals surface area contributed by atoms with Crippen molar-refractivity contribution in [2.75, 3.05) is 0 Å². The Kier molecular flexibility index (Phi) is 2.02. The van der Waals surface area contributed by atoms with Gasteiger partial charge in [-0.2, -0.15) is 0 Å². The van der Waals surface area contributed by atoms with Crippen molar-refractivity contribution in [2.24, 2.45) is 0 Å². The van der Waals surface area contributed by atoms with Gasteiger partial charge in [0.05, 0.1) is 6.61 Å². The maximum Gasteiger partial charge on any atom is 0.128 e. The molecule has 0 unspecified atom stereocenters. The average Bonchev–Trinajstić information content (AvgIpc) is 1.94. The summed E-state index contributed by atoms with van der Waals surface area (Å²) in [5.74, 6) is -0.380. The molecular weight excluding hydrogens is 131 g/mol. The highest BCUT2D eigenvalue weighted by Crippen LogP contribution is 2.08. The van der Waals surface area contributed by atoms with Crippen LogP contribution in [-0.2, 0) is 6.61 Å². The Balaban J connectivity index is 3.09. The van der Waals surface area contributed by atoms with E-state index in [9.17, 15) is 4.39 Å². The first-order valence-electron chi connectivity index (χ1n) is 2.95. The van der Waals surface area contributed by atoms with Crippen molar-refractivity contribution in [1.29, 1.82) is 0 Å². The molecule has 0 bridgehead atoms. The molecule has 0 aliphatic carbocycles. The SMILES string of the molecule is [CH2]c1ccc(F)c(CO)c1. The molecule has 0 amide bonds. The zero-order valence-electron chi connectivity index (χ0n) is 5.47. The Bertz CT molecular complexity index is 233. The Morgan fingerprint density at radius 3 is 2.70 bits per heavy atom. The van der Waals surface area contributed by atoms with E-state index in [1.807, 2.05) is 0 Å². The fraction of sp³-hybridized carbons (Fsp3) is 0.125. The summed E-state index contributed by atoms with van der Waals surface area (Å²) in [6.45, 7) is 3.32. The lowest BCUT2D eigenvalue weighted by atomic mass is 10.1. The van der Waals surface area contributed by atoms with Crippen LogP contribution in [0.5, 0.6) is 0 Å². The average molecular weight is 139 g/mol. The molecule has 1 nitrogen and oxygen atoms in total. The third kappa shape index (κ3) is 1.33. The topological polar surface area (TPSA) is 20.2 Å². The first-order chi connectivity index (χ1) is 4.74. The molecule has 10 heavy (non-hydrogen) atoms. The number of halogens is 1. The van der Waals surface area contributed by atoms with Gasteiger partial charge >= 0.3 is 0 Å². The summed E-state index contributed by atoms with van der Waals surface area (Å²) in [5.41, 5.74) is 1.01. The minimum atomic E-state index is -0.380. The van der Waals surface area contributed by atoms with Gasteiger partial charge in [0.2, 0.25) is 0 Å². The van der Waals surface area contributed by atoms with Gasteiger partial charge in [0, 0.05) is 5.56 Å². The lowest BCUT2D eigenvalue weighted by molar-refractivity contribution is 0.275. The molecule has 0 aliphatic rings. The van der Waals surface area contributed by atoms with Crippen LogP contribution in [0.3, 0.4) is 0 Å². The minimum absolute atomic E-state index is 0.269. The Morgan fingerprint density at radius 2 is 2.20 bits per heavy atom. The molecule has 1 aromatic carbocycles. The second kappa shape index (κ2) is 2.80. The Morgan fingerprint density at radius 1 is 1.50 bits per heavy atom. The van der Waals surface area contributed by atoms with Crippen LogP contribution in [0, 0.1) is 12.7 Å². The highest BCUT2D eigenvalue weighted by atomic mass is 19.1. The van der Waals surface area contributed by atoms with Crippen LogP contribution in [0.25, 0.3) is 0 Å². The van der Waals surface area contributed by atoms with Gasteiger partial charge in [0.1, 0.15) is 5.82 Å². The summed E-state index contributed by atoms with van der Waals surface area (Å²) in [4.78, 5) is 0. The number of aliphatic hydroxyl groups excluding tert-OH is 1. The van der Waals surface area contributed by atoms with Crippen LogP contribution < -0.4 is 0 Å². The van der Waals surface area contributed by atoms with E-state index in [-0.39, 0.29) is 12.4 Å². The molecule has 1 radical (unpaired) electrons. The van der Waals surface area contributed by atoms with Gasteiger partial charge < -0.3 is 5.11 Å². The highest BCUT2D eigenvalue weighted by molar-refractivity contribution is 5.26. The zero-order valence-corrected chi connectivity index (χ0v) is 5.47. The monoisotopic (exact) mass is 139 g/mol. The van der Waals surface area contributed by atoms with E-state index >= 15 is 0 Å². The standard InChI is InChI=1S/C8H8FO/c1-6-2-3-8(9)7(4-6)5-10/h2-4,10H,1,5H2. The van der Waals surface area contributed by atoms with E-state index in [2.05, 4.69) is 6.92 Å². The molecule has 0 saturated heterocycles. The fourth-order valence-corrected chi connectivity index (χ4v) is 0.749. The molecule has 53 valence electrons. The van der Waals surface area contributed by atoms with Crippen molar-refractivity contribution in [3.05, 3.63) is 42.1 Å².